The summed E-state index contributed by atoms with van der Waals surface area (Å²) in [5.74, 6) is 0.835. The molecule has 1 aromatic carbocycles. The van der Waals surface area contributed by atoms with Crippen molar-refractivity contribution in [3.8, 4) is 5.75 Å². The van der Waals surface area contributed by atoms with E-state index in [-0.39, 0.29) is 6.10 Å². The largest absolute Gasteiger partial charge is 0.491 e. The molecule has 0 bridgehead atoms. The molecular weight excluding hydrogens is 244 g/mol. The molecular formula is C14H22N2OS. The minimum Gasteiger partial charge on any atom is -0.491 e. The summed E-state index contributed by atoms with van der Waals surface area (Å²) >= 11 is 1.95. The van der Waals surface area contributed by atoms with E-state index in [1.165, 1.54) is 12.8 Å². The number of thioether (sulfide) groups is 1. The fourth-order valence-corrected chi connectivity index (χ4v) is 2.65. The van der Waals surface area contributed by atoms with E-state index < -0.39 is 0 Å². The number of nitrogens with one attached hydrogen (secondary N) is 1. The van der Waals surface area contributed by atoms with E-state index in [0.717, 1.165) is 23.7 Å². The lowest BCUT2D eigenvalue weighted by molar-refractivity contribution is 0.242. The Morgan fingerprint density at radius 3 is 2.67 bits per heavy atom. The average Bonchev–Trinajstić information content (AvgIpc) is 3.05. The monoisotopic (exact) mass is 266 g/mol. The number of benzene rings is 1. The van der Waals surface area contributed by atoms with E-state index in [2.05, 4.69) is 11.6 Å². The van der Waals surface area contributed by atoms with Gasteiger partial charge in [-0.2, -0.15) is 11.8 Å². The molecule has 18 heavy (non-hydrogen) atoms. The second kappa shape index (κ2) is 5.31. The summed E-state index contributed by atoms with van der Waals surface area (Å²) in [4.78, 5) is 0. The van der Waals surface area contributed by atoms with Crippen LogP contribution in [0.2, 0.25) is 0 Å². The Hall–Kier alpha value is -1.03. The first kappa shape index (κ1) is 13.4. The predicted octanol–water partition coefficient (Wildman–Crippen LogP) is 3.36. The quantitative estimate of drug-likeness (QED) is 0.775. The zero-order valence-electron chi connectivity index (χ0n) is 11.3. The van der Waals surface area contributed by atoms with E-state index in [0.29, 0.717) is 4.75 Å². The maximum atomic E-state index is 5.90. The van der Waals surface area contributed by atoms with Gasteiger partial charge in [-0.1, -0.05) is 0 Å². The van der Waals surface area contributed by atoms with E-state index >= 15 is 0 Å². The molecule has 1 aliphatic carbocycles. The van der Waals surface area contributed by atoms with Crippen LogP contribution in [0.5, 0.6) is 5.75 Å². The molecule has 3 N–H and O–H groups in total. The number of anilines is 2. The summed E-state index contributed by atoms with van der Waals surface area (Å²) in [7, 11) is 0. The smallest absolute Gasteiger partial charge is 0.123 e. The maximum absolute atomic E-state index is 5.90. The molecule has 0 aliphatic heterocycles. The summed E-state index contributed by atoms with van der Waals surface area (Å²) in [5, 5.41) is 3.47. The Balaban J connectivity index is 2.01. The molecule has 1 saturated carbocycles. The fourth-order valence-electron chi connectivity index (χ4n) is 1.92. The van der Waals surface area contributed by atoms with Crippen molar-refractivity contribution in [2.45, 2.75) is 37.5 Å². The molecule has 0 heterocycles. The van der Waals surface area contributed by atoms with E-state index in [1.807, 2.05) is 43.8 Å². The Bertz CT molecular complexity index is 416. The highest BCUT2D eigenvalue weighted by atomic mass is 32.2. The molecule has 0 spiro atoms. The maximum Gasteiger partial charge on any atom is 0.123 e. The summed E-state index contributed by atoms with van der Waals surface area (Å²) in [6.45, 7) is 5.03. The normalized spacial score (nSPS) is 16.7. The first-order valence-electron chi connectivity index (χ1n) is 6.39. The summed E-state index contributed by atoms with van der Waals surface area (Å²) < 4.78 is 6.13. The fraction of sp³-hybridized carbons (Fsp3) is 0.571. The van der Waals surface area contributed by atoms with Crippen molar-refractivity contribution in [2.24, 2.45) is 0 Å². The van der Waals surface area contributed by atoms with Crippen LogP contribution in [-0.4, -0.2) is 23.7 Å². The molecule has 1 fully saturated rings. The van der Waals surface area contributed by atoms with Gasteiger partial charge in [0.25, 0.3) is 0 Å². The number of hydrogen-bond donors (Lipinski definition) is 2. The number of nitrogen functional groups attached to an aromatic ring is 1. The van der Waals surface area contributed by atoms with Gasteiger partial charge < -0.3 is 15.8 Å². The zero-order valence-corrected chi connectivity index (χ0v) is 12.1. The summed E-state index contributed by atoms with van der Waals surface area (Å²) in [6.07, 6.45) is 4.96. The lowest BCUT2D eigenvalue weighted by Gasteiger charge is -2.16. The van der Waals surface area contributed by atoms with Crippen LogP contribution < -0.4 is 15.8 Å². The third kappa shape index (κ3) is 3.48. The van der Waals surface area contributed by atoms with Crippen molar-refractivity contribution in [2.75, 3.05) is 23.9 Å². The topological polar surface area (TPSA) is 47.3 Å². The minimum atomic E-state index is 0.167. The lowest BCUT2D eigenvalue weighted by Crippen LogP contribution is -2.17. The van der Waals surface area contributed by atoms with Crippen molar-refractivity contribution in [1.29, 1.82) is 0 Å². The molecule has 2 rings (SSSR count). The second-order valence-electron chi connectivity index (χ2n) is 5.20. The molecule has 0 unspecified atom stereocenters. The zero-order chi connectivity index (χ0) is 13.2. The van der Waals surface area contributed by atoms with Crippen molar-refractivity contribution < 1.29 is 4.74 Å². The molecule has 0 amide bonds. The van der Waals surface area contributed by atoms with Crippen LogP contribution in [0.15, 0.2) is 18.2 Å². The molecule has 0 saturated heterocycles. The van der Waals surface area contributed by atoms with Crippen LogP contribution in [0.25, 0.3) is 0 Å². The first-order valence-corrected chi connectivity index (χ1v) is 7.62. The number of nitrogens with two attached hydrogens (primary N) is 1. The highest BCUT2D eigenvalue weighted by molar-refractivity contribution is 8.00. The molecule has 3 nitrogen and oxygen atoms in total. The number of ether oxygens (including phenoxy) is 1. The Morgan fingerprint density at radius 2 is 2.11 bits per heavy atom. The van der Waals surface area contributed by atoms with Gasteiger partial charge in [0, 0.05) is 34.8 Å². The van der Waals surface area contributed by atoms with Gasteiger partial charge in [-0.3, -0.25) is 0 Å². The highest BCUT2D eigenvalue weighted by Crippen LogP contribution is 2.47. The van der Waals surface area contributed by atoms with E-state index in [1.54, 1.807) is 0 Å². The van der Waals surface area contributed by atoms with Gasteiger partial charge in [0.05, 0.1) is 6.10 Å². The van der Waals surface area contributed by atoms with Gasteiger partial charge in [-0.05, 0) is 39.0 Å². The first-order chi connectivity index (χ1) is 8.53. The molecule has 1 aromatic rings. The van der Waals surface area contributed by atoms with Crippen LogP contribution in [0, 0.1) is 0 Å². The van der Waals surface area contributed by atoms with Crippen molar-refractivity contribution in [3.05, 3.63) is 18.2 Å². The van der Waals surface area contributed by atoms with Gasteiger partial charge in [0.1, 0.15) is 5.75 Å². The second-order valence-corrected chi connectivity index (χ2v) is 6.47. The number of rotatable bonds is 6. The molecule has 0 aromatic heterocycles. The molecule has 4 heteroatoms. The van der Waals surface area contributed by atoms with Crippen molar-refractivity contribution >= 4 is 23.1 Å². The SMILES string of the molecule is CSC1(CNc2cc(N)cc(OC(C)C)c2)CC1. The molecule has 1 aliphatic rings. The van der Waals surface area contributed by atoms with Crippen LogP contribution >= 0.6 is 11.8 Å². The third-order valence-electron chi connectivity index (χ3n) is 3.16. The summed E-state index contributed by atoms with van der Waals surface area (Å²) in [5.41, 5.74) is 7.69. The molecule has 0 atom stereocenters. The molecule has 100 valence electrons. The van der Waals surface area contributed by atoms with Crippen LogP contribution in [0.1, 0.15) is 26.7 Å². The summed E-state index contributed by atoms with van der Waals surface area (Å²) in [6, 6.07) is 5.85. The van der Waals surface area contributed by atoms with Gasteiger partial charge in [-0.25, -0.2) is 0 Å². The Labute approximate surface area is 113 Å². The minimum absolute atomic E-state index is 0.167. The molecule has 0 radical (unpaired) electrons. The van der Waals surface area contributed by atoms with Gasteiger partial charge in [0.15, 0.2) is 0 Å². The van der Waals surface area contributed by atoms with Crippen LogP contribution in [-0.2, 0) is 0 Å². The lowest BCUT2D eigenvalue weighted by atomic mass is 10.2. The Kier molecular flexibility index (Phi) is 3.95. The van der Waals surface area contributed by atoms with Gasteiger partial charge in [0.2, 0.25) is 0 Å². The standard InChI is InChI=1S/C14H22N2OS/c1-10(2)17-13-7-11(15)6-12(8-13)16-9-14(18-3)4-5-14/h6-8,10,16H,4-5,9,15H2,1-3H3. The highest BCUT2D eigenvalue weighted by Gasteiger charge is 2.41. The van der Waals surface area contributed by atoms with E-state index in [9.17, 15) is 0 Å². The average molecular weight is 266 g/mol. The Morgan fingerprint density at radius 1 is 1.39 bits per heavy atom. The van der Waals surface area contributed by atoms with Crippen LogP contribution in [0.3, 0.4) is 0 Å². The van der Waals surface area contributed by atoms with E-state index in [4.69, 9.17) is 10.5 Å². The van der Waals surface area contributed by atoms with Crippen molar-refractivity contribution in [3.63, 3.8) is 0 Å². The number of hydrogen-bond acceptors (Lipinski definition) is 4. The van der Waals surface area contributed by atoms with Crippen LogP contribution in [0.4, 0.5) is 11.4 Å². The predicted molar refractivity (Wildman–Crippen MR) is 80.6 cm³/mol. The van der Waals surface area contributed by atoms with Gasteiger partial charge >= 0.3 is 0 Å². The van der Waals surface area contributed by atoms with Crippen molar-refractivity contribution in [1.82, 2.24) is 0 Å². The third-order valence-corrected chi connectivity index (χ3v) is 4.57. The van der Waals surface area contributed by atoms with Gasteiger partial charge in [-0.15, -0.1) is 0 Å².